The zero-order valence-corrected chi connectivity index (χ0v) is 11.8. The highest BCUT2D eigenvalue weighted by atomic mass is 16.7. The van der Waals surface area contributed by atoms with Crippen LogP contribution in [0.4, 0.5) is 5.69 Å². The van der Waals surface area contributed by atoms with Gasteiger partial charge in [-0.05, 0) is 19.4 Å². The topological polar surface area (TPSA) is 105 Å². The van der Waals surface area contributed by atoms with Gasteiger partial charge in [-0.25, -0.2) is 0 Å². The maximum absolute atomic E-state index is 11.4. The van der Waals surface area contributed by atoms with Gasteiger partial charge in [0, 0.05) is 23.5 Å². The van der Waals surface area contributed by atoms with Gasteiger partial charge in [0.2, 0.25) is 0 Å². The lowest BCUT2D eigenvalue weighted by Gasteiger charge is -2.37. The molecule has 1 aromatic carbocycles. The molecule has 1 aliphatic heterocycles. The Morgan fingerprint density at radius 2 is 1.62 bits per heavy atom. The van der Waals surface area contributed by atoms with Crippen LogP contribution in [0.2, 0.25) is 0 Å². The van der Waals surface area contributed by atoms with Crippen molar-refractivity contribution in [1.29, 1.82) is 0 Å². The van der Waals surface area contributed by atoms with Crippen LogP contribution < -0.4 is 0 Å². The van der Waals surface area contributed by atoms with Crippen molar-refractivity contribution in [3.63, 3.8) is 0 Å². The number of rotatable bonds is 4. The highest BCUT2D eigenvalue weighted by molar-refractivity contribution is 5.33. The SMILES string of the molecule is CC1(C)OCC(Cc2ccc([N+](=O)[O-])cc2)([N+](=O)[O-])CO1. The van der Waals surface area contributed by atoms with Crippen LogP contribution in [-0.4, -0.2) is 34.4 Å². The van der Waals surface area contributed by atoms with E-state index >= 15 is 0 Å². The molecule has 0 bridgehead atoms. The predicted octanol–water partition coefficient (Wildman–Crippen LogP) is 1.94. The van der Waals surface area contributed by atoms with E-state index in [-0.39, 0.29) is 25.3 Å². The third-order valence-corrected chi connectivity index (χ3v) is 3.44. The number of nitrogens with zero attached hydrogens (tertiary/aromatic N) is 2. The van der Waals surface area contributed by atoms with E-state index in [4.69, 9.17) is 9.47 Å². The number of nitro benzene ring substituents is 1. The number of ether oxygens (including phenoxy) is 2. The molecule has 0 atom stereocenters. The predicted molar refractivity (Wildman–Crippen MR) is 72.5 cm³/mol. The van der Waals surface area contributed by atoms with Crippen molar-refractivity contribution in [3.8, 4) is 0 Å². The molecular weight excluding hydrogens is 280 g/mol. The van der Waals surface area contributed by atoms with Crippen molar-refractivity contribution >= 4 is 5.69 Å². The molecule has 2 rings (SSSR count). The van der Waals surface area contributed by atoms with Crippen molar-refractivity contribution in [2.75, 3.05) is 13.2 Å². The normalized spacial score (nSPS) is 19.9. The van der Waals surface area contributed by atoms with Crippen LogP contribution in [0.5, 0.6) is 0 Å². The molecule has 0 amide bonds. The molecule has 1 fully saturated rings. The molecular formula is C13H16N2O6. The zero-order valence-electron chi connectivity index (χ0n) is 11.8. The monoisotopic (exact) mass is 296 g/mol. The molecule has 1 aromatic rings. The van der Waals surface area contributed by atoms with Gasteiger partial charge >= 0.3 is 0 Å². The Labute approximate surface area is 121 Å². The molecule has 21 heavy (non-hydrogen) atoms. The molecule has 0 saturated carbocycles. The second kappa shape index (κ2) is 5.38. The van der Waals surface area contributed by atoms with E-state index in [1.807, 2.05) is 0 Å². The molecule has 0 aromatic heterocycles. The van der Waals surface area contributed by atoms with E-state index in [1.165, 1.54) is 24.3 Å². The van der Waals surface area contributed by atoms with Gasteiger partial charge in [-0.3, -0.25) is 20.2 Å². The van der Waals surface area contributed by atoms with E-state index in [1.54, 1.807) is 13.8 Å². The van der Waals surface area contributed by atoms with Crippen molar-refractivity contribution in [3.05, 3.63) is 50.1 Å². The molecule has 8 heteroatoms. The second-order valence-corrected chi connectivity index (χ2v) is 5.56. The fraction of sp³-hybridized carbons (Fsp3) is 0.538. The molecule has 0 spiro atoms. The Kier molecular flexibility index (Phi) is 3.93. The van der Waals surface area contributed by atoms with Gasteiger partial charge in [-0.2, -0.15) is 0 Å². The molecule has 0 unspecified atom stereocenters. The summed E-state index contributed by atoms with van der Waals surface area (Å²) in [7, 11) is 0. The van der Waals surface area contributed by atoms with Gasteiger partial charge in [0.15, 0.2) is 5.79 Å². The highest BCUT2D eigenvalue weighted by Crippen LogP contribution is 2.29. The molecule has 1 aliphatic rings. The fourth-order valence-electron chi connectivity index (χ4n) is 2.09. The van der Waals surface area contributed by atoms with Crippen LogP contribution in [0.1, 0.15) is 19.4 Å². The van der Waals surface area contributed by atoms with E-state index in [0.29, 0.717) is 5.56 Å². The molecule has 1 heterocycles. The first-order valence-corrected chi connectivity index (χ1v) is 6.40. The minimum atomic E-state index is -1.37. The quantitative estimate of drug-likeness (QED) is 0.621. The minimum absolute atomic E-state index is 0.0498. The third kappa shape index (κ3) is 3.34. The molecule has 0 aliphatic carbocycles. The van der Waals surface area contributed by atoms with Crippen molar-refractivity contribution in [2.24, 2.45) is 0 Å². The van der Waals surface area contributed by atoms with E-state index in [2.05, 4.69) is 0 Å². The Morgan fingerprint density at radius 3 is 2.05 bits per heavy atom. The number of nitro groups is 2. The smallest absolute Gasteiger partial charge is 0.272 e. The van der Waals surface area contributed by atoms with Crippen LogP contribution in [-0.2, 0) is 15.9 Å². The molecule has 114 valence electrons. The molecule has 0 N–H and O–H groups in total. The highest BCUT2D eigenvalue weighted by Gasteiger charge is 2.50. The Bertz CT molecular complexity index is 544. The summed E-state index contributed by atoms with van der Waals surface area (Å²) in [5.41, 5.74) is -0.790. The Balaban J connectivity index is 2.17. The summed E-state index contributed by atoms with van der Waals surface area (Å²) in [5, 5.41) is 22.0. The minimum Gasteiger partial charge on any atom is -0.343 e. The van der Waals surface area contributed by atoms with E-state index < -0.39 is 21.2 Å². The first-order chi connectivity index (χ1) is 9.74. The summed E-state index contributed by atoms with van der Waals surface area (Å²) in [6.07, 6.45) is 0.0913. The summed E-state index contributed by atoms with van der Waals surface area (Å²) in [5.74, 6) is -0.838. The zero-order chi connectivity index (χ0) is 15.7. The van der Waals surface area contributed by atoms with Gasteiger partial charge in [-0.1, -0.05) is 12.1 Å². The van der Waals surface area contributed by atoms with Gasteiger partial charge in [-0.15, -0.1) is 0 Å². The average Bonchev–Trinajstić information content (AvgIpc) is 2.42. The number of non-ortho nitro benzene ring substituents is 1. The summed E-state index contributed by atoms with van der Waals surface area (Å²) in [6.45, 7) is 3.26. The van der Waals surface area contributed by atoms with Gasteiger partial charge in [0.25, 0.3) is 11.2 Å². The Hall–Kier alpha value is -2.06. The summed E-state index contributed by atoms with van der Waals surface area (Å²) in [6, 6.07) is 5.70. The summed E-state index contributed by atoms with van der Waals surface area (Å²) in [4.78, 5) is 21.1. The van der Waals surface area contributed by atoms with Gasteiger partial charge < -0.3 is 9.47 Å². The van der Waals surface area contributed by atoms with E-state index in [9.17, 15) is 20.2 Å². The molecule has 0 radical (unpaired) electrons. The van der Waals surface area contributed by atoms with Crippen LogP contribution in [0.15, 0.2) is 24.3 Å². The maximum Gasteiger partial charge on any atom is 0.272 e. The average molecular weight is 296 g/mol. The first kappa shape index (κ1) is 15.3. The lowest BCUT2D eigenvalue weighted by atomic mass is 9.92. The maximum atomic E-state index is 11.4. The first-order valence-electron chi connectivity index (χ1n) is 6.40. The summed E-state index contributed by atoms with van der Waals surface area (Å²) >= 11 is 0. The van der Waals surface area contributed by atoms with E-state index in [0.717, 1.165) is 0 Å². The van der Waals surface area contributed by atoms with Crippen molar-refractivity contribution in [2.45, 2.75) is 31.6 Å². The second-order valence-electron chi connectivity index (χ2n) is 5.56. The lowest BCUT2D eigenvalue weighted by molar-refractivity contribution is -0.595. The number of hydrogen-bond acceptors (Lipinski definition) is 6. The number of benzene rings is 1. The summed E-state index contributed by atoms with van der Waals surface area (Å²) < 4.78 is 10.8. The van der Waals surface area contributed by atoms with Gasteiger partial charge in [0.05, 0.1) is 4.92 Å². The van der Waals surface area contributed by atoms with Gasteiger partial charge in [0.1, 0.15) is 13.2 Å². The van der Waals surface area contributed by atoms with Crippen LogP contribution >= 0.6 is 0 Å². The number of hydrogen-bond donors (Lipinski definition) is 0. The van der Waals surface area contributed by atoms with Crippen LogP contribution in [0.25, 0.3) is 0 Å². The van der Waals surface area contributed by atoms with Crippen molar-refractivity contribution < 1.29 is 19.3 Å². The van der Waals surface area contributed by atoms with Crippen LogP contribution in [0.3, 0.4) is 0 Å². The third-order valence-electron chi connectivity index (χ3n) is 3.44. The molecule has 1 saturated heterocycles. The van der Waals surface area contributed by atoms with Crippen LogP contribution in [0, 0.1) is 20.2 Å². The fourth-order valence-corrected chi connectivity index (χ4v) is 2.09. The van der Waals surface area contributed by atoms with Crippen molar-refractivity contribution in [1.82, 2.24) is 0 Å². The standard InChI is InChI=1S/C13H16N2O6/c1-12(2)20-8-13(9-21-12,15(18)19)7-10-3-5-11(6-4-10)14(16)17/h3-6H,7-9H2,1-2H3. The largest absolute Gasteiger partial charge is 0.343 e. The molecule has 8 nitrogen and oxygen atoms in total. The lowest BCUT2D eigenvalue weighted by Crippen LogP contribution is -2.57. The Morgan fingerprint density at radius 1 is 1.10 bits per heavy atom.